The zero-order valence-electron chi connectivity index (χ0n) is 25.2. The molecule has 0 aliphatic heterocycles. The van der Waals surface area contributed by atoms with E-state index in [1.165, 1.54) is 0 Å². The van der Waals surface area contributed by atoms with E-state index in [-0.39, 0.29) is 12.6 Å². The molecule has 0 radical (unpaired) electrons. The molecule has 0 aromatic heterocycles. The zero-order chi connectivity index (χ0) is 30.4. The summed E-state index contributed by atoms with van der Waals surface area (Å²) in [6.07, 6.45) is -0.261. The van der Waals surface area contributed by atoms with Crippen molar-refractivity contribution in [3.05, 3.63) is 10.4 Å². The zero-order valence-corrected chi connectivity index (χ0v) is 26.8. The molecule has 0 fully saturated rings. The molecule has 0 N–H and O–H groups in total. The maximum atomic E-state index is 8.42. The van der Waals surface area contributed by atoms with Crippen LogP contribution in [0.15, 0.2) is 5.11 Å². The van der Waals surface area contributed by atoms with E-state index in [0.29, 0.717) is 151 Å². The first kappa shape index (κ1) is 41.3. The van der Waals surface area contributed by atoms with Crippen LogP contribution in [0.1, 0.15) is 0 Å². The number of halogens is 1. The number of azide groups is 1. The fourth-order valence-electron chi connectivity index (χ4n) is 2.83. The largest absolute Gasteiger partial charge is 0.382 e. The van der Waals surface area contributed by atoms with Crippen molar-refractivity contribution in [2.45, 2.75) is 6.10 Å². The van der Waals surface area contributed by atoms with Crippen LogP contribution in [0.3, 0.4) is 0 Å². The minimum atomic E-state index is -0.261. The van der Waals surface area contributed by atoms with Crippen molar-refractivity contribution in [3.8, 4) is 0 Å². The Morgan fingerprint density at radius 1 is 0.500 bits per heavy atom. The second-order valence-corrected chi connectivity index (χ2v) is 8.97. The topological polar surface area (TPSA) is 160 Å². The summed E-state index contributed by atoms with van der Waals surface area (Å²) in [5, 5.41) is 4.23. The van der Waals surface area contributed by atoms with Gasteiger partial charge in [-0.25, -0.2) is 0 Å². The van der Waals surface area contributed by atoms with Gasteiger partial charge in [-0.3, -0.25) is 0 Å². The maximum absolute atomic E-state index is 8.42. The lowest BCUT2D eigenvalue weighted by Gasteiger charge is -2.15. The van der Waals surface area contributed by atoms with Gasteiger partial charge in [0, 0.05) is 17.4 Å². The molecule has 15 nitrogen and oxygen atoms in total. The second-order valence-electron chi connectivity index (χ2n) is 8.17. The summed E-state index contributed by atoms with van der Waals surface area (Å²) >= 11 is 3.29. The molecule has 0 saturated heterocycles. The number of ether oxygens (including phenoxy) is 12. The van der Waals surface area contributed by atoms with E-state index in [0.717, 1.165) is 0 Å². The van der Waals surface area contributed by atoms with Gasteiger partial charge in [-0.1, -0.05) is 21.0 Å². The highest BCUT2D eigenvalue weighted by atomic mass is 79.9. The van der Waals surface area contributed by atoms with Gasteiger partial charge in [-0.05, 0) is 5.53 Å². The smallest absolute Gasteiger partial charge is 0.0865 e. The molecular weight excluding hydrogens is 626 g/mol. The molecule has 0 saturated carbocycles. The Morgan fingerprint density at radius 3 is 1.10 bits per heavy atom. The fourth-order valence-corrected chi connectivity index (χ4v) is 3.02. The molecule has 0 bridgehead atoms. The Bertz CT molecular complexity index is 569. The van der Waals surface area contributed by atoms with Gasteiger partial charge in [-0.2, -0.15) is 0 Å². The third-order valence-corrected chi connectivity index (χ3v) is 5.19. The second kappa shape index (κ2) is 38.3. The quantitative estimate of drug-likeness (QED) is 0.0309. The monoisotopic (exact) mass is 677 g/mol. The summed E-state index contributed by atoms with van der Waals surface area (Å²) in [6, 6.07) is 0. The molecule has 0 spiro atoms. The SMILES string of the molecule is COCCOCCOCCOCCOCCOCCOCCOCCOCCOCCOCC(CN=[N+]=[N-])OCCBr. The summed E-state index contributed by atoms with van der Waals surface area (Å²) in [4.78, 5) is 2.74. The summed E-state index contributed by atoms with van der Waals surface area (Å²) in [6.45, 7) is 11.2. The van der Waals surface area contributed by atoms with Crippen molar-refractivity contribution < 1.29 is 56.8 Å². The molecule has 1 unspecified atom stereocenters. The molecule has 16 heteroatoms. The number of alkyl halides is 1. The van der Waals surface area contributed by atoms with E-state index in [1.54, 1.807) is 7.11 Å². The van der Waals surface area contributed by atoms with Gasteiger partial charge in [0.1, 0.15) is 0 Å². The van der Waals surface area contributed by atoms with Crippen molar-refractivity contribution in [1.29, 1.82) is 0 Å². The van der Waals surface area contributed by atoms with Gasteiger partial charge < -0.3 is 56.8 Å². The van der Waals surface area contributed by atoms with Crippen LogP contribution in [0.4, 0.5) is 0 Å². The number of nitrogens with zero attached hydrogens (tertiary/aromatic N) is 3. The molecule has 42 heavy (non-hydrogen) atoms. The van der Waals surface area contributed by atoms with Gasteiger partial charge in [0.15, 0.2) is 0 Å². The standard InChI is InChI=1S/C26H52BrN3O12/c1-31-4-5-32-6-7-33-8-9-34-10-11-35-12-13-36-14-15-37-16-17-38-18-19-39-20-21-40-22-23-41-25-26(24-29-30-28)42-3-2-27/h26H,2-25H2,1H3. The van der Waals surface area contributed by atoms with Crippen molar-refractivity contribution in [2.75, 3.05) is 164 Å². The first-order valence-corrected chi connectivity index (χ1v) is 15.4. The van der Waals surface area contributed by atoms with Gasteiger partial charge in [0.25, 0.3) is 0 Å². The van der Waals surface area contributed by atoms with E-state index in [2.05, 4.69) is 26.0 Å². The van der Waals surface area contributed by atoms with Crippen LogP contribution >= 0.6 is 15.9 Å². The lowest BCUT2D eigenvalue weighted by atomic mass is 10.4. The van der Waals surface area contributed by atoms with Crippen LogP contribution in [0.25, 0.3) is 10.4 Å². The average molecular weight is 679 g/mol. The maximum Gasteiger partial charge on any atom is 0.0865 e. The molecule has 0 aliphatic rings. The first-order valence-electron chi connectivity index (χ1n) is 14.3. The van der Waals surface area contributed by atoms with Crippen LogP contribution in [0.5, 0.6) is 0 Å². The van der Waals surface area contributed by atoms with Crippen LogP contribution in [-0.4, -0.2) is 170 Å². The van der Waals surface area contributed by atoms with Crippen molar-refractivity contribution in [2.24, 2.45) is 5.11 Å². The highest BCUT2D eigenvalue weighted by Crippen LogP contribution is 1.97. The Kier molecular flexibility index (Phi) is 37.7. The minimum Gasteiger partial charge on any atom is -0.382 e. The summed E-state index contributed by atoms with van der Waals surface area (Å²) in [5.74, 6) is 0. The lowest BCUT2D eigenvalue weighted by molar-refractivity contribution is -0.0353. The molecule has 250 valence electrons. The van der Waals surface area contributed by atoms with Crippen LogP contribution in [0.2, 0.25) is 0 Å². The van der Waals surface area contributed by atoms with E-state index in [4.69, 9.17) is 62.4 Å². The Labute approximate surface area is 258 Å². The summed E-state index contributed by atoms with van der Waals surface area (Å²) in [7, 11) is 1.64. The van der Waals surface area contributed by atoms with Crippen LogP contribution in [0, 0.1) is 0 Å². The summed E-state index contributed by atoms with van der Waals surface area (Å²) in [5.41, 5.74) is 8.42. The van der Waals surface area contributed by atoms with E-state index in [9.17, 15) is 0 Å². The van der Waals surface area contributed by atoms with Gasteiger partial charge in [0.05, 0.1) is 158 Å². The highest BCUT2D eigenvalue weighted by molar-refractivity contribution is 9.09. The fraction of sp³-hybridized carbons (Fsp3) is 1.00. The summed E-state index contributed by atoms with van der Waals surface area (Å²) < 4.78 is 64.8. The minimum absolute atomic E-state index is 0.237. The third-order valence-electron chi connectivity index (χ3n) is 4.86. The number of hydrogen-bond acceptors (Lipinski definition) is 13. The van der Waals surface area contributed by atoms with Crippen molar-refractivity contribution >= 4 is 15.9 Å². The molecule has 0 aromatic rings. The highest BCUT2D eigenvalue weighted by Gasteiger charge is 2.08. The molecule has 0 aromatic carbocycles. The van der Waals surface area contributed by atoms with E-state index in [1.807, 2.05) is 0 Å². The Balaban J connectivity index is 3.16. The molecule has 0 rings (SSSR count). The predicted octanol–water partition coefficient (Wildman–Crippen LogP) is 1.89. The van der Waals surface area contributed by atoms with Crippen LogP contribution < -0.4 is 0 Å². The van der Waals surface area contributed by atoms with Crippen molar-refractivity contribution in [3.63, 3.8) is 0 Å². The number of rotatable bonds is 37. The third kappa shape index (κ3) is 35.5. The van der Waals surface area contributed by atoms with Crippen molar-refractivity contribution in [1.82, 2.24) is 0 Å². The average Bonchev–Trinajstić information content (AvgIpc) is 3.00. The van der Waals surface area contributed by atoms with Gasteiger partial charge >= 0.3 is 0 Å². The Hall–Kier alpha value is -0.690. The van der Waals surface area contributed by atoms with Crippen LogP contribution in [-0.2, 0) is 56.8 Å². The normalized spacial score (nSPS) is 12.0. The Morgan fingerprint density at radius 2 is 0.810 bits per heavy atom. The molecule has 0 aliphatic carbocycles. The molecule has 1 atom stereocenters. The number of hydrogen-bond donors (Lipinski definition) is 0. The van der Waals surface area contributed by atoms with E-state index < -0.39 is 0 Å². The predicted molar refractivity (Wildman–Crippen MR) is 158 cm³/mol. The number of methoxy groups -OCH3 is 1. The van der Waals surface area contributed by atoms with Gasteiger partial charge in [0.2, 0.25) is 0 Å². The molecule has 0 amide bonds. The lowest BCUT2D eigenvalue weighted by Crippen LogP contribution is -2.25. The molecule has 0 heterocycles. The van der Waals surface area contributed by atoms with E-state index >= 15 is 0 Å². The van der Waals surface area contributed by atoms with Gasteiger partial charge in [-0.15, -0.1) is 0 Å². The first-order chi connectivity index (χ1) is 20.8. The molecular formula is C26H52BrN3O12.